The molecule has 136 valence electrons. The number of methoxy groups -OCH3 is 1. The van der Waals surface area contributed by atoms with Crippen LogP contribution in [0.1, 0.15) is 54.6 Å². The van der Waals surface area contributed by atoms with Gasteiger partial charge in [-0.1, -0.05) is 13.8 Å². The fourth-order valence-corrected chi connectivity index (χ4v) is 3.80. The second-order valence-electron chi connectivity index (χ2n) is 7.49. The van der Waals surface area contributed by atoms with Crippen molar-refractivity contribution < 1.29 is 14.3 Å². The lowest BCUT2D eigenvalue weighted by atomic mass is 9.78. The molecule has 0 aromatic heterocycles. The third kappa shape index (κ3) is 3.71. The molecule has 1 aliphatic heterocycles. The number of nitrogens with one attached hydrogen (secondary N) is 2. The molecule has 0 radical (unpaired) electrons. The highest BCUT2D eigenvalue weighted by Crippen LogP contribution is 2.40. The summed E-state index contributed by atoms with van der Waals surface area (Å²) < 4.78 is 5.45. The van der Waals surface area contributed by atoms with E-state index in [0.717, 1.165) is 54.7 Å². The van der Waals surface area contributed by atoms with Crippen LogP contribution >= 0.6 is 0 Å². The Morgan fingerprint density at radius 3 is 2.76 bits per heavy atom. The van der Waals surface area contributed by atoms with Gasteiger partial charge in [-0.05, 0) is 55.3 Å². The highest BCUT2D eigenvalue weighted by atomic mass is 16.5. The van der Waals surface area contributed by atoms with E-state index in [0.29, 0.717) is 24.5 Å². The van der Waals surface area contributed by atoms with Crippen LogP contribution in [0.2, 0.25) is 0 Å². The molecule has 1 atom stereocenters. The number of hydrogen-bond acceptors (Lipinski definition) is 4. The van der Waals surface area contributed by atoms with E-state index < -0.39 is 0 Å². The molecule has 1 heterocycles. The number of ketones is 1. The van der Waals surface area contributed by atoms with Crippen LogP contribution < -0.4 is 15.4 Å². The standard InChI is InChI=1S/C20H28N2O3/c1-12(2)8-9-21-11-13-4-5-14-15-6-7-18(23)22-19(15)17(25-3)10-16(14)20(13)24/h10,12-13,21H,4-9,11H2,1-3H3,(H,22,23). The lowest BCUT2D eigenvalue weighted by molar-refractivity contribution is -0.116. The van der Waals surface area contributed by atoms with Gasteiger partial charge in [-0.25, -0.2) is 0 Å². The Labute approximate surface area is 149 Å². The van der Waals surface area contributed by atoms with Gasteiger partial charge in [-0.2, -0.15) is 0 Å². The van der Waals surface area contributed by atoms with E-state index >= 15 is 0 Å². The lowest BCUT2D eigenvalue weighted by Crippen LogP contribution is -2.34. The number of ether oxygens (including phenoxy) is 1. The summed E-state index contributed by atoms with van der Waals surface area (Å²) in [5.41, 5.74) is 3.75. The van der Waals surface area contributed by atoms with Crippen molar-refractivity contribution in [1.29, 1.82) is 0 Å². The number of amides is 1. The molecule has 0 saturated heterocycles. The Kier molecular flexibility index (Phi) is 5.42. The van der Waals surface area contributed by atoms with Gasteiger partial charge in [0.2, 0.25) is 5.91 Å². The molecule has 5 heteroatoms. The van der Waals surface area contributed by atoms with Gasteiger partial charge in [0.15, 0.2) is 5.78 Å². The maximum Gasteiger partial charge on any atom is 0.224 e. The highest BCUT2D eigenvalue weighted by Gasteiger charge is 2.32. The molecule has 5 nitrogen and oxygen atoms in total. The Morgan fingerprint density at radius 1 is 1.24 bits per heavy atom. The summed E-state index contributed by atoms with van der Waals surface area (Å²) >= 11 is 0. The second-order valence-corrected chi connectivity index (χ2v) is 7.49. The first-order chi connectivity index (χ1) is 12.0. The van der Waals surface area contributed by atoms with Crippen LogP contribution in [0.3, 0.4) is 0 Å². The second kappa shape index (κ2) is 7.56. The van der Waals surface area contributed by atoms with Crippen molar-refractivity contribution in [3.63, 3.8) is 0 Å². The van der Waals surface area contributed by atoms with Gasteiger partial charge in [0.25, 0.3) is 0 Å². The van der Waals surface area contributed by atoms with Crippen molar-refractivity contribution >= 4 is 17.4 Å². The summed E-state index contributed by atoms with van der Waals surface area (Å²) in [6.07, 6.45) is 4.04. The van der Waals surface area contributed by atoms with Crippen LogP contribution in [0, 0.1) is 11.8 Å². The van der Waals surface area contributed by atoms with Crippen molar-refractivity contribution in [2.24, 2.45) is 11.8 Å². The van der Waals surface area contributed by atoms with E-state index in [1.807, 2.05) is 6.07 Å². The Hall–Kier alpha value is -1.88. The summed E-state index contributed by atoms with van der Waals surface area (Å²) in [6, 6.07) is 1.82. The monoisotopic (exact) mass is 344 g/mol. The van der Waals surface area contributed by atoms with Gasteiger partial charge in [0.1, 0.15) is 5.75 Å². The molecule has 1 aliphatic carbocycles. The number of benzene rings is 1. The van der Waals surface area contributed by atoms with Gasteiger partial charge in [-0.3, -0.25) is 9.59 Å². The molecule has 0 fully saturated rings. The van der Waals surface area contributed by atoms with Crippen LogP contribution in [0.5, 0.6) is 5.75 Å². The molecule has 2 N–H and O–H groups in total. The number of rotatable bonds is 6. The molecule has 1 aromatic rings. The molecule has 1 amide bonds. The molecule has 0 bridgehead atoms. The number of hydrogen-bond donors (Lipinski definition) is 2. The molecule has 0 saturated carbocycles. The predicted molar refractivity (Wildman–Crippen MR) is 98.4 cm³/mol. The maximum atomic E-state index is 13.0. The minimum absolute atomic E-state index is 0.0140. The van der Waals surface area contributed by atoms with Gasteiger partial charge in [0, 0.05) is 24.4 Å². The first kappa shape index (κ1) is 17.9. The predicted octanol–water partition coefficient (Wildman–Crippen LogP) is 2.96. The summed E-state index contributed by atoms with van der Waals surface area (Å²) in [5.74, 6) is 1.52. The summed E-state index contributed by atoms with van der Waals surface area (Å²) in [5, 5.41) is 6.36. The van der Waals surface area contributed by atoms with Crippen LogP contribution in [0.4, 0.5) is 5.69 Å². The SMILES string of the molecule is COc1cc2c(c3c1NC(=O)CC3)CCC(CNCCC(C)C)C2=O. The van der Waals surface area contributed by atoms with E-state index in [1.54, 1.807) is 7.11 Å². The fourth-order valence-electron chi connectivity index (χ4n) is 3.80. The zero-order chi connectivity index (χ0) is 18.0. The Balaban J connectivity index is 1.80. The quantitative estimate of drug-likeness (QED) is 0.779. The maximum absolute atomic E-state index is 13.0. The van der Waals surface area contributed by atoms with E-state index in [2.05, 4.69) is 24.5 Å². The third-order valence-electron chi connectivity index (χ3n) is 5.27. The molecular weight excluding hydrogens is 316 g/mol. The minimum atomic E-state index is 0.0140. The van der Waals surface area contributed by atoms with Crippen LogP contribution in [-0.2, 0) is 17.6 Å². The fraction of sp³-hybridized carbons (Fsp3) is 0.600. The van der Waals surface area contributed by atoms with E-state index in [4.69, 9.17) is 4.74 Å². The number of Topliss-reactive ketones (excluding diaryl/α,β-unsaturated/α-hetero) is 1. The number of anilines is 1. The van der Waals surface area contributed by atoms with E-state index in [1.165, 1.54) is 0 Å². The smallest absolute Gasteiger partial charge is 0.224 e. The topological polar surface area (TPSA) is 67.4 Å². The summed E-state index contributed by atoms with van der Waals surface area (Å²) in [6.45, 7) is 6.10. The van der Waals surface area contributed by atoms with Gasteiger partial charge < -0.3 is 15.4 Å². The van der Waals surface area contributed by atoms with Gasteiger partial charge >= 0.3 is 0 Å². The molecule has 2 aliphatic rings. The normalized spacial score (nSPS) is 19.4. The first-order valence-corrected chi connectivity index (χ1v) is 9.28. The zero-order valence-electron chi connectivity index (χ0n) is 15.4. The highest BCUT2D eigenvalue weighted by molar-refractivity contribution is 6.04. The van der Waals surface area contributed by atoms with Gasteiger partial charge in [-0.15, -0.1) is 0 Å². The van der Waals surface area contributed by atoms with Crippen molar-refractivity contribution in [3.05, 3.63) is 22.8 Å². The number of carbonyl (C=O) groups excluding carboxylic acids is 2. The average Bonchev–Trinajstić information content (AvgIpc) is 2.59. The number of fused-ring (bicyclic) bond motifs is 3. The Bertz CT molecular complexity index is 682. The van der Waals surface area contributed by atoms with Crippen LogP contribution in [0.15, 0.2) is 6.07 Å². The molecule has 1 aromatic carbocycles. The number of carbonyl (C=O) groups is 2. The van der Waals surface area contributed by atoms with Crippen molar-refractivity contribution in [2.75, 3.05) is 25.5 Å². The first-order valence-electron chi connectivity index (χ1n) is 9.28. The van der Waals surface area contributed by atoms with Crippen LogP contribution in [0.25, 0.3) is 0 Å². The van der Waals surface area contributed by atoms with Crippen molar-refractivity contribution in [3.8, 4) is 5.75 Å². The molecule has 3 rings (SSSR count). The minimum Gasteiger partial charge on any atom is -0.495 e. The van der Waals surface area contributed by atoms with E-state index in [9.17, 15) is 9.59 Å². The van der Waals surface area contributed by atoms with Crippen LogP contribution in [-0.4, -0.2) is 31.9 Å². The van der Waals surface area contributed by atoms with Gasteiger partial charge in [0.05, 0.1) is 12.8 Å². The summed E-state index contributed by atoms with van der Waals surface area (Å²) in [7, 11) is 1.58. The van der Waals surface area contributed by atoms with E-state index in [-0.39, 0.29) is 17.6 Å². The molecular formula is C20H28N2O3. The average molecular weight is 344 g/mol. The molecule has 0 spiro atoms. The largest absolute Gasteiger partial charge is 0.495 e. The zero-order valence-corrected chi connectivity index (χ0v) is 15.4. The third-order valence-corrected chi connectivity index (χ3v) is 5.27. The molecule has 1 unspecified atom stereocenters. The summed E-state index contributed by atoms with van der Waals surface area (Å²) in [4.78, 5) is 24.7. The Morgan fingerprint density at radius 2 is 2.04 bits per heavy atom. The van der Waals surface area contributed by atoms with Crippen molar-refractivity contribution in [1.82, 2.24) is 5.32 Å². The van der Waals surface area contributed by atoms with Crippen molar-refractivity contribution in [2.45, 2.75) is 46.0 Å². The molecule has 25 heavy (non-hydrogen) atoms. The lowest BCUT2D eigenvalue weighted by Gasteiger charge is -2.30.